The van der Waals surface area contributed by atoms with Gasteiger partial charge in [0, 0.05) is 29.8 Å². The molecule has 1 amide bonds. The number of hydrogen-bond donors (Lipinski definition) is 2. The normalized spacial score (nSPS) is 10.6. The topological polar surface area (TPSA) is 84.7 Å². The molecule has 0 fully saturated rings. The monoisotopic (exact) mass is 376 g/mol. The van der Waals surface area contributed by atoms with E-state index in [-0.39, 0.29) is 5.91 Å². The Morgan fingerprint density at radius 2 is 1.93 bits per heavy atom. The SMILES string of the molecule is Cc1nc(Nc2ccc(NC(=O)c3cccs3)cc2)cc(-n2ccnc2)n1. The molecule has 0 saturated heterocycles. The van der Waals surface area contributed by atoms with Crippen LogP contribution in [0.1, 0.15) is 15.5 Å². The van der Waals surface area contributed by atoms with Gasteiger partial charge in [-0.25, -0.2) is 15.0 Å². The third-order valence-electron chi connectivity index (χ3n) is 3.75. The van der Waals surface area contributed by atoms with E-state index in [9.17, 15) is 4.79 Å². The summed E-state index contributed by atoms with van der Waals surface area (Å²) in [5.74, 6) is 1.97. The van der Waals surface area contributed by atoms with Crippen LogP contribution >= 0.6 is 11.3 Å². The zero-order valence-electron chi connectivity index (χ0n) is 14.5. The molecular weight excluding hydrogens is 360 g/mol. The van der Waals surface area contributed by atoms with Crippen LogP contribution in [-0.4, -0.2) is 25.4 Å². The summed E-state index contributed by atoms with van der Waals surface area (Å²) in [6.07, 6.45) is 5.22. The number of benzene rings is 1. The van der Waals surface area contributed by atoms with E-state index in [0.29, 0.717) is 16.5 Å². The standard InChI is InChI=1S/C19H16N6OS/c1-13-21-17(11-18(22-13)25-9-8-20-12-25)23-14-4-6-15(7-5-14)24-19(26)16-3-2-10-27-16/h2-12H,1H3,(H,24,26)(H,21,22,23). The summed E-state index contributed by atoms with van der Waals surface area (Å²) in [6, 6.07) is 13.0. The van der Waals surface area contributed by atoms with Crippen molar-refractivity contribution in [1.29, 1.82) is 0 Å². The molecule has 0 radical (unpaired) electrons. The van der Waals surface area contributed by atoms with E-state index < -0.39 is 0 Å². The summed E-state index contributed by atoms with van der Waals surface area (Å²) in [4.78, 5) is 25.7. The number of carbonyl (C=O) groups is 1. The Balaban J connectivity index is 1.48. The number of carbonyl (C=O) groups excluding carboxylic acids is 1. The number of anilines is 3. The number of nitrogens with one attached hydrogen (secondary N) is 2. The fourth-order valence-electron chi connectivity index (χ4n) is 2.53. The second-order valence-electron chi connectivity index (χ2n) is 5.76. The number of imidazole rings is 1. The van der Waals surface area contributed by atoms with Crippen molar-refractivity contribution in [3.8, 4) is 5.82 Å². The van der Waals surface area contributed by atoms with Crippen LogP contribution in [0.15, 0.2) is 66.6 Å². The molecule has 0 unspecified atom stereocenters. The van der Waals surface area contributed by atoms with Crippen LogP contribution in [0.5, 0.6) is 0 Å². The van der Waals surface area contributed by atoms with Gasteiger partial charge < -0.3 is 10.6 Å². The molecule has 0 saturated carbocycles. The lowest BCUT2D eigenvalue weighted by Gasteiger charge is -2.10. The van der Waals surface area contributed by atoms with Crippen molar-refractivity contribution in [3.05, 3.63) is 77.3 Å². The predicted octanol–water partition coefficient (Wildman–Crippen LogP) is 4.03. The molecule has 4 rings (SSSR count). The smallest absolute Gasteiger partial charge is 0.265 e. The lowest BCUT2D eigenvalue weighted by molar-refractivity contribution is 0.103. The molecule has 3 aromatic heterocycles. The van der Waals surface area contributed by atoms with Crippen LogP contribution < -0.4 is 10.6 Å². The Morgan fingerprint density at radius 3 is 2.63 bits per heavy atom. The Labute approximate surface area is 159 Å². The van der Waals surface area contributed by atoms with Crippen molar-refractivity contribution >= 4 is 34.4 Å². The molecular formula is C19H16N6OS. The summed E-state index contributed by atoms with van der Waals surface area (Å²) < 4.78 is 1.82. The maximum atomic E-state index is 12.1. The molecule has 0 atom stereocenters. The van der Waals surface area contributed by atoms with Crippen molar-refractivity contribution in [2.45, 2.75) is 6.92 Å². The minimum absolute atomic E-state index is 0.109. The number of rotatable bonds is 5. The van der Waals surface area contributed by atoms with Gasteiger partial charge in [0.1, 0.15) is 23.8 Å². The lowest BCUT2D eigenvalue weighted by Crippen LogP contribution is -2.09. The highest BCUT2D eigenvalue weighted by Gasteiger charge is 2.07. The van der Waals surface area contributed by atoms with E-state index in [1.807, 2.05) is 59.5 Å². The summed E-state index contributed by atoms with van der Waals surface area (Å²) >= 11 is 1.41. The Kier molecular flexibility index (Phi) is 4.63. The first kappa shape index (κ1) is 16.9. The highest BCUT2D eigenvalue weighted by molar-refractivity contribution is 7.12. The van der Waals surface area contributed by atoms with Gasteiger partial charge in [-0.2, -0.15) is 0 Å². The quantitative estimate of drug-likeness (QED) is 0.549. The number of hydrogen-bond acceptors (Lipinski definition) is 6. The van der Waals surface area contributed by atoms with Gasteiger partial charge in [0.2, 0.25) is 0 Å². The lowest BCUT2D eigenvalue weighted by atomic mass is 10.2. The minimum atomic E-state index is -0.109. The minimum Gasteiger partial charge on any atom is -0.340 e. The van der Waals surface area contributed by atoms with E-state index in [2.05, 4.69) is 25.6 Å². The van der Waals surface area contributed by atoms with Crippen molar-refractivity contribution < 1.29 is 4.79 Å². The summed E-state index contributed by atoms with van der Waals surface area (Å²) in [7, 11) is 0. The Hall–Kier alpha value is -3.52. The molecule has 27 heavy (non-hydrogen) atoms. The molecule has 2 N–H and O–H groups in total. The van der Waals surface area contributed by atoms with Gasteiger partial charge >= 0.3 is 0 Å². The zero-order chi connectivity index (χ0) is 18.6. The molecule has 8 heteroatoms. The van der Waals surface area contributed by atoms with Crippen LogP contribution in [0.25, 0.3) is 5.82 Å². The molecule has 0 aliphatic heterocycles. The van der Waals surface area contributed by atoms with Gasteiger partial charge in [-0.15, -0.1) is 11.3 Å². The number of amides is 1. The molecule has 0 spiro atoms. The van der Waals surface area contributed by atoms with Gasteiger partial charge in [-0.1, -0.05) is 6.07 Å². The first-order valence-electron chi connectivity index (χ1n) is 8.23. The van der Waals surface area contributed by atoms with E-state index in [4.69, 9.17) is 0 Å². The largest absolute Gasteiger partial charge is 0.340 e. The first-order chi connectivity index (χ1) is 13.2. The van der Waals surface area contributed by atoms with E-state index in [1.165, 1.54) is 11.3 Å². The third kappa shape index (κ3) is 4.01. The molecule has 0 aliphatic rings. The molecule has 3 heterocycles. The van der Waals surface area contributed by atoms with Crippen LogP contribution in [0.2, 0.25) is 0 Å². The van der Waals surface area contributed by atoms with Crippen LogP contribution in [-0.2, 0) is 0 Å². The number of aryl methyl sites for hydroxylation is 1. The maximum Gasteiger partial charge on any atom is 0.265 e. The number of aromatic nitrogens is 4. The van der Waals surface area contributed by atoms with E-state index in [0.717, 1.165) is 17.2 Å². The molecule has 0 bridgehead atoms. The van der Waals surface area contributed by atoms with Crippen LogP contribution in [0.3, 0.4) is 0 Å². The Morgan fingerprint density at radius 1 is 1.11 bits per heavy atom. The third-order valence-corrected chi connectivity index (χ3v) is 4.62. The average molecular weight is 376 g/mol. The van der Waals surface area contributed by atoms with Crippen LogP contribution in [0.4, 0.5) is 17.2 Å². The summed E-state index contributed by atoms with van der Waals surface area (Å²) in [5.41, 5.74) is 1.59. The predicted molar refractivity (Wildman–Crippen MR) is 106 cm³/mol. The molecule has 134 valence electrons. The van der Waals surface area contributed by atoms with Gasteiger partial charge in [0.25, 0.3) is 5.91 Å². The fourth-order valence-corrected chi connectivity index (χ4v) is 3.15. The van der Waals surface area contributed by atoms with Crippen molar-refractivity contribution in [3.63, 3.8) is 0 Å². The second kappa shape index (κ2) is 7.38. The number of nitrogens with zero attached hydrogens (tertiary/aromatic N) is 4. The fraction of sp³-hybridized carbons (Fsp3) is 0.0526. The van der Waals surface area contributed by atoms with Crippen molar-refractivity contribution in [2.24, 2.45) is 0 Å². The Bertz CT molecular complexity index is 1040. The molecule has 4 aromatic rings. The highest BCUT2D eigenvalue weighted by atomic mass is 32.1. The summed E-state index contributed by atoms with van der Waals surface area (Å²) in [6.45, 7) is 1.84. The zero-order valence-corrected chi connectivity index (χ0v) is 15.3. The average Bonchev–Trinajstić information content (AvgIpc) is 3.37. The molecule has 0 aliphatic carbocycles. The van der Waals surface area contributed by atoms with E-state index in [1.54, 1.807) is 18.6 Å². The van der Waals surface area contributed by atoms with Gasteiger partial charge in [0.05, 0.1) is 4.88 Å². The van der Waals surface area contributed by atoms with E-state index >= 15 is 0 Å². The highest BCUT2D eigenvalue weighted by Crippen LogP contribution is 2.20. The van der Waals surface area contributed by atoms with Gasteiger partial charge in [-0.05, 0) is 42.6 Å². The van der Waals surface area contributed by atoms with Crippen LogP contribution in [0, 0.1) is 6.92 Å². The van der Waals surface area contributed by atoms with Gasteiger partial charge in [-0.3, -0.25) is 9.36 Å². The molecule has 1 aromatic carbocycles. The van der Waals surface area contributed by atoms with Gasteiger partial charge in [0.15, 0.2) is 0 Å². The second-order valence-corrected chi connectivity index (χ2v) is 6.71. The first-order valence-corrected chi connectivity index (χ1v) is 9.11. The number of thiophene rings is 1. The summed E-state index contributed by atoms with van der Waals surface area (Å²) in [5, 5.41) is 8.02. The molecule has 7 nitrogen and oxygen atoms in total. The van der Waals surface area contributed by atoms with Crippen molar-refractivity contribution in [2.75, 3.05) is 10.6 Å². The van der Waals surface area contributed by atoms with Crippen molar-refractivity contribution in [1.82, 2.24) is 19.5 Å². The maximum absolute atomic E-state index is 12.1.